The SMILES string of the molecule is CCCCOc1ccc(S(=O)(=O)Nc2cc(C(=O)OC)ccc2OC)cc1. The minimum atomic E-state index is -3.87. The molecule has 8 heteroatoms. The van der Waals surface area contributed by atoms with Crippen molar-refractivity contribution in [1.29, 1.82) is 0 Å². The van der Waals surface area contributed by atoms with Crippen LogP contribution < -0.4 is 14.2 Å². The van der Waals surface area contributed by atoms with Crippen molar-refractivity contribution in [2.75, 3.05) is 25.5 Å². The summed E-state index contributed by atoms with van der Waals surface area (Å²) in [6.45, 7) is 2.65. The summed E-state index contributed by atoms with van der Waals surface area (Å²) < 4.78 is 43.1. The number of esters is 1. The van der Waals surface area contributed by atoms with E-state index in [0.717, 1.165) is 12.8 Å². The van der Waals surface area contributed by atoms with Crippen molar-refractivity contribution in [2.45, 2.75) is 24.7 Å². The molecule has 27 heavy (non-hydrogen) atoms. The normalized spacial score (nSPS) is 10.9. The molecule has 7 nitrogen and oxygen atoms in total. The van der Waals surface area contributed by atoms with Gasteiger partial charge in [0, 0.05) is 0 Å². The summed E-state index contributed by atoms with van der Waals surface area (Å²) in [6.07, 6.45) is 1.95. The van der Waals surface area contributed by atoms with E-state index >= 15 is 0 Å². The van der Waals surface area contributed by atoms with E-state index < -0.39 is 16.0 Å². The first-order valence-corrected chi connectivity index (χ1v) is 9.91. The van der Waals surface area contributed by atoms with Gasteiger partial charge in [-0.25, -0.2) is 13.2 Å². The molecule has 0 fully saturated rings. The van der Waals surface area contributed by atoms with Crippen molar-refractivity contribution in [3.63, 3.8) is 0 Å². The fourth-order valence-corrected chi connectivity index (χ4v) is 3.35. The van der Waals surface area contributed by atoms with Gasteiger partial charge >= 0.3 is 5.97 Å². The van der Waals surface area contributed by atoms with Crippen molar-refractivity contribution in [3.8, 4) is 11.5 Å². The fourth-order valence-electron chi connectivity index (χ4n) is 2.29. The largest absolute Gasteiger partial charge is 0.495 e. The molecule has 0 heterocycles. The van der Waals surface area contributed by atoms with Crippen molar-refractivity contribution in [1.82, 2.24) is 0 Å². The molecule has 0 aliphatic heterocycles. The summed E-state index contributed by atoms with van der Waals surface area (Å²) >= 11 is 0. The highest BCUT2D eigenvalue weighted by Gasteiger charge is 2.18. The molecule has 0 aromatic heterocycles. The lowest BCUT2D eigenvalue weighted by molar-refractivity contribution is 0.0600. The molecule has 0 bridgehead atoms. The van der Waals surface area contributed by atoms with Crippen LogP contribution in [-0.2, 0) is 14.8 Å². The summed E-state index contributed by atoms with van der Waals surface area (Å²) in [5, 5.41) is 0. The van der Waals surface area contributed by atoms with Gasteiger partial charge in [-0.05, 0) is 48.9 Å². The van der Waals surface area contributed by atoms with Gasteiger partial charge < -0.3 is 14.2 Å². The number of benzene rings is 2. The van der Waals surface area contributed by atoms with E-state index in [0.29, 0.717) is 12.4 Å². The molecule has 0 spiro atoms. The maximum Gasteiger partial charge on any atom is 0.337 e. The second kappa shape index (κ2) is 9.27. The third-order valence-corrected chi connectivity index (χ3v) is 5.15. The molecule has 0 saturated heterocycles. The summed E-state index contributed by atoms with van der Waals surface area (Å²) in [7, 11) is -1.21. The lowest BCUT2D eigenvalue weighted by Gasteiger charge is -2.13. The molecule has 2 rings (SSSR count). The number of ether oxygens (including phenoxy) is 3. The Bertz CT molecular complexity index is 878. The Labute approximate surface area is 159 Å². The molecular formula is C19H23NO6S. The van der Waals surface area contributed by atoms with Gasteiger partial charge in [0.05, 0.1) is 37.0 Å². The Kier molecular flexibility index (Phi) is 7.06. The predicted molar refractivity (Wildman–Crippen MR) is 102 cm³/mol. The lowest BCUT2D eigenvalue weighted by Crippen LogP contribution is -2.14. The number of carbonyl (C=O) groups is 1. The summed E-state index contributed by atoms with van der Waals surface area (Å²) in [5.41, 5.74) is 0.347. The van der Waals surface area contributed by atoms with Crippen LogP contribution in [0, 0.1) is 0 Å². The third kappa shape index (κ3) is 5.37. The van der Waals surface area contributed by atoms with E-state index in [1.54, 1.807) is 12.1 Å². The highest BCUT2D eigenvalue weighted by molar-refractivity contribution is 7.92. The van der Waals surface area contributed by atoms with Gasteiger partial charge in [0.2, 0.25) is 0 Å². The highest BCUT2D eigenvalue weighted by Crippen LogP contribution is 2.28. The van der Waals surface area contributed by atoms with Gasteiger partial charge in [0.1, 0.15) is 11.5 Å². The molecule has 0 radical (unpaired) electrons. The number of hydrogen-bond acceptors (Lipinski definition) is 6. The van der Waals surface area contributed by atoms with E-state index in [4.69, 9.17) is 9.47 Å². The van der Waals surface area contributed by atoms with E-state index in [-0.39, 0.29) is 21.9 Å². The van der Waals surface area contributed by atoms with Crippen LogP contribution in [0.4, 0.5) is 5.69 Å². The molecule has 1 N–H and O–H groups in total. The van der Waals surface area contributed by atoms with Crippen molar-refractivity contribution < 1.29 is 27.4 Å². The number of anilines is 1. The molecule has 2 aromatic carbocycles. The molecule has 0 amide bonds. The summed E-state index contributed by atoms with van der Waals surface area (Å²) in [4.78, 5) is 11.8. The number of carbonyl (C=O) groups excluding carboxylic acids is 1. The first-order chi connectivity index (χ1) is 12.9. The predicted octanol–water partition coefficient (Wildman–Crippen LogP) is 3.46. The average Bonchev–Trinajstić information content (AvgIpc) is 2.67. The van der Waals surface area contributed by atoms with Gasteiger partial charge in [-0.1, -0.05) is 13.3 Å². The molecule has 0 unspecified atom stereocenters. The second-order valence-electron chi connectivity index (χ2n) is 5.69. The van der Waals surface area contributed by atoms with Gasteiger partial charge in [0.15, 0.2) is 0 Å². The number of unbranched alkanes of at least 4 members (excludes halogenated alkanes) is 1. The lowest BCUT2D eigenvalue weighted by atomic mass is 10.2. The van der Waals surface area contributed by atoms with Crippen LogP contribution in [0.1, 0.15) is 30.1 Å². The topological polar surface area (TPSA) is 90.9 Å². The molecule has 0 atom stereocenters. The minimum Gasteiger partial charge on any atom is -0.495 e. The average molecular weight is 393 g/mol. The zero-order valence-electron chi connectivity index (χ0n) is 15.5. The Balaban J connectivity index is 2.23. The molecular weight excluding hydrogens is 370 g/mol. The molecule has 0 aliphatic rings. The van der Waals surface area contributed by atoms with Gasteiger partial charge in [0.25, 0.3) is 10.0 Å². The Morgan fingerprint density at radius 2 is 1.78 bits per heavy atom. The van der Waals surface area contributed by atoms with E-state index in [2.05, 4.69) is 16.4 Å². The second-order valence-corrected chi connectivity index (χ2v) is 7.37. The number of methoxy groups -OCH3 is 2. The monoisotopic (exact) mass is 393 g/mol. The summed E-state index contributed by atoms with van der Waals surface area (Å²) in [6, 6.07) is 10.5. The molecule has 146 valence electrons. The quantitative estimate of drug-likeness (QED) is 0.518. The first-order valence-electron chi connectivity index (χ1n) is 8.43. The minimum absolute atomic E-state index is 0.0656. The zero-order chi connectivity index (χ0) is 19.9. The van der Waals surface area contributed by atoms with Crippen LogP contribution in [0.5, 0.6) is 11.5 Å². The number of sulfonamides is 1. The Hall–Kier alpha value is -2.74. The Morgan fingerprint density at radius 1 is 1.07 bits per heavy atom. The van der Waals surface area contributed by atoms with Crippen molar-refractivity contribution in [3.05, 3.63) is 48.0 Å². The van der Waals surface area contributed by atoms with Gasteiger partial charge in [-0.15, -0.1) is 0 Å². The maximum absolute atomic E-state index is 12.7. The van der Waals surface area contributed by atoms with Gasteiger partial charge in [-0.3, -0.25) is 4.72 Å². The Morgan fingerprint density at radius 3 is 2.37 bits per heavy atom. The first kappa shape index (κ1) is 20.6. The fraction of sp³-hybridized carbons (Fsp3) is 0.316. The number of rotatable bonds is 9. The van der Waals surface area contributed by atoms with Crippen molar-refractivity contribution >= 4 is 21.7 Å². The van der Waals surface area contributed by atoms with Crippen molar-refractivity contribution in [2.24, 2.45) is 0 Å². The van der Waals surface area contributed by atoms with E-state index in [9.17, 15) is 13.2 Å². The number of hydrogen-bond donors (Lipinski definition) is 1. The zero-order valence-corrected chi connectivity index (χ0v) is 16.3. The smallest absolute Gasteiger partial charge is 0.337 e. The number of nitrogens with one attached hydrogen (secondary N) is 1. The highest BCUT2D eigenvalue weighted by atomic mass is 32.2. The van der Waals surface area contributed by atoms with E-state index in [1.807, 2.05) is 0 Å². The van der Waals surface area contributed by atoms with E-state index in [1.165, 1.54) is 44.6 Å². The van der Waals surface area contributed by atoms with Crippen LogP contribution in [-0.4, -0.2) is 35.2 Å². The van der Waals surface area contributed by atoms with Crippen LogP contribution in [0.2, 0.25) is 0 Å². The maximum atomic E-state index is 12.7. The third-order valence-electron chi connectivity index (χ3n) is 3.77. The molecule has 0 saturated carbocycles. The van der Waals surface area contributed by atoms with Crippen LogP contribution in [0.15, 0.2) is 47.4 Å². The van der Waals surface area contributed by atoms with Crippen LogP contribution in [0.25, 0.3) is 0 Å². The van der Waals surface area contributed by atoms with Crippen LogP contribution >= 0.6 is 0 Å². The molecule has 2 aromatic rings. The van der Waals surface area contributed by atoms with Crippen LogP contribution in [0.3, 0.4) is 0 Å². The van der Waals surface area contributed by atoms with Gasteiger partial charge in [-0.2, -0.15) is 0 Å². The summed E-state index contributed by atoms with van der Waals surface area (Å²) in [5.74, 6) is 0.310. The molecule has 0 aliphatic carbocycles. The standard InChI is InChI=1S/C19H23NO6S/c1-4-5-12-26-15-7-9-16(10-8-15)27(22,23)20-17-13-14(19(21)25-3)6-11-18(17)24-2/h6-11,13,20H,4-5,12H2,1-3H3.